The van der Waals surface area contributed by atoms with Gasteiger partial charge in [0.05, 0.1) is 30.1 Å². The molecule has 0 bridgehead atoms. The lowest BCUT2D eigenvalue weighted by atomic mass is 9.98. The number of ether oxygens (including phenoxy) is 1. The zero-order chi connectivity index (χ0) is 17.9. The van der Waals surface area contributed by atoms with Gasteiger partial charge < -0.3 is 9.64 Å². The second-order valence-corrected chi connectivity index (χ2v) is 7.03. The van der Waals surface area contributed by atoms with E-state index >= 15 is 0 Å². The average Bonchev–Trinajstić information content (AvgIpc) is 3.03. The number of aromatic amines is 1. The summed E-state index contributed by atoms with van der Waals surface area (Å²) in [5, 5.41) is 7.31. The highest BCUT2D eigenvalue weighted by molar-refractivity contribution is 5.94. The molecule has 2 aromatic rings. The van der Waals surface area contributed by atoms with Crippen molar-refractivity contribution >= 4 is 5.91 Å². The van der Waals surface area contributed by atoms with Gasteiger partial charge in [-0.15, -0.1) is 0 Å². The van der Waals surface area contributed by atoms with E-state index in [9.17, 15) is 9.59 Å². The molecule has 8 nitrogen and oxygen atoms in total. The van der Waals surface area contributed by atoms with Crippen LogP contribution in [0.2, 0.25) is 0 Å². The zero-order valence-electron chi connectivity index (χ0n) is 15.0. The maximum absolute atomic E-state index is 13.2. The smallest absolute Gasteiger partial charge is 0.272 e. The molecule has 8 heteroatoms. The first-order chi connectivity index (χ1) is 11.9. The van der Waals surface area contributed by atoms with Crippen LogP contribution in [0.4, 0.5) is 0 Å². The van der Waals surface area contributed by atoms with Gasteiger partial charge in [-0.3, -0.25) is 24.1 Å². The first-order valence-corrected chi connectivity index (χ1v) is 8.64. The van der Waals surface area contributed by atoms with E-state index < -0.39 is 0 Å². The molecule has 2 atom stereocenters. The summed E-state index contributed by atoms with van der Waals surface area (Å²) in [5.41, 5.74) is 4.10. The second kappa shape index (κ2) is 5.59. The van der Waals surface area contributed by atoms with Crippen LogP contribution in [0.5, 0.6) is 0 Å². The van der Waals surface area contributed by atoms with Gasteiger partial charge in [-0.2, -0.15) is 5.10 Å². The number of aryl methyl sites for hydroxylation is 2. The van der Waals surface area contributed by atoms with Gasteiger partial charge in [-0.25, -0.2) is 0 Å². The number of carbonyl (C=O) groups excluding carboxylic acids is 1. The summed E-state index contributed by atoms with van der Waals surface area (Å²) in [5.74, 6) is -0.0307. The molecule has 0 spiro atoms. The van der Waals surface area contributed by atoms with Crippen molar-refractivity contribution in [1.29, 1.82) is 0 Å². The molecule has 0 radical (unpaired) electrons. The summed E-state index contributed by atoms with van der Waals surface area (Å²) >= 11 is 0. The Morgan fingerprint density at radius 1 is 1.28 bits per heavy atom. The molecule has 4 rings (SSSR count). The Hall–Kier alpha value is -2.35. The average molecular weight is 345 g/mol. The maximum Gasteiger partial charge on any atom is 0.272 e. The second-order valence-electron chi connectivity index (χ2n) is 7.03. The van der Waals surface area contributed by atoms with Crippen LogP contribution in [-0.2, 0) is 38.2 Å². The summed E-state index contributed by atoms with van der Waals surface area (Å²) in [7, 11) is 3.62. The molecular weight excluding hydrogens is 322 g/mol. The normalized spacial score (nSPS) is 22.6. The third kappa shape index (κ3) is 2.43. The van der Waals surface area contributed by atoms with Crippen LogP contribution in [-0.4, -0.2) is 43.0 Å². The SMILES string of the molecule is C[C@@H]1Cc2c(nn(C)c2C(=O)N2CCc3c(n(C)[nH]c3=O)C2)[C@H](C)O1. The van der Waals surface area contributed by atoms with E-state index in [1.165, 1.54) is 0 Å². The van der Waals surface area contributed by atoms with E-state index in [1.807, 2.05) is 20.9 Å². The molecule has 0 saturated carbocycles. The molecule has 0 unspecified atom stereocenters. The molecule has 1 amide bonds. The van der Waals surface area contributed by atoms with Gasteiger partial charge in [0.2, 0.25) is 0 Å². The maximum atomic E-state index is 13.2. The summed E-state index contributed by atoms with van der Waals surface area (Å²) in [6.45, 7) is 4.97. The van der Waals surface area contributed by atoms with Crippen molar-refractivity contribution < 1.29 is 9.53 Å². The minimum atomic E-state index is -0.107. The number of aromatic nitrogens is 4. The van der Waals surface area contributed by atoms with Gasteiger partial charge in [0.15, 0.2) is 0 Å². The highest BCUT2D eigenvalue weighted by Crippen LogP contribution is 2.32. The number of H-pyrrole nitrogens is 1. The van der Waals surface area contributed by atoms with Crippen LogP contribution in [0, 0.1) is 0 Å². The number of rotatable bonds is 1. The number of carbonyl (C=O) groups is 1. The van der Waals surface area contributed by atoms with E-state index in [-0.39, 0.29) is 23.7 Å². The molecule has 25 heavy (non-hydrogen) atoms. The Morgan fingerprint density at radius 2 is 2.04 bits per heavy atom. The first kappa shape index (κ1) is 16.1. The monoisotopic (exact) mass is 345 g/mol. The molecule has 2 aliphatic rings. The van der Waals surface area contributed by atoms with Crippen molar-refractivity contribution in [3.8, 4) is 0 Å². The molecule has 0 saturated heterocycles. The van der Waals surface area contributed by atoms with Gasteiger partial charge in [0.25, 0.3) is 11.5 Å². The van der Waals surface area contributed by atoms with E-state index in [4.69, 9.17) is 4.74 Å². The van der Waals surface area contributed by atoms with Crippen LogP contribution in [0.25, 0.3) is 0 Å². The fourth-order valence-corrected chi connectivity index (χ4v) is 4.04. The number of nitrogens with one attached hydrogen (secondary N) is 1. The van der Waals surface area contributed by atoms with Crippen LogP contribution < -0.4 is 5.56 Å². The fraction of sp³-hybridized carbons (Fsp3) is 0.588. The van der Waals surface area contributed by atoms with Crippen LogP contribution in [0.1, 0.15) is 53.0 Å². The van der Waals surface area contributed by atoms with Crippen molar-refractivity contribution in [1.82, 2.24) is 24.5 Å². The van der Waals surface area contributed by atoms with E-state index in [0.717, 1.165) is 22.5 Å². The minimum Gasteiger partial charge on any atom is -0.369 e. The summed E-state index contributed by atoms with van der Waals surface area (Å²) in [4.78, 5) is 26.9. The van der Waals surface area contributed by atoms with Crippen molar-refractivity contribution in [2.45, 2.75) is 45.4 Å². The molecule has 4 heterocycles. The lowest BCUT2D eigenvalue weighted by molar-refractivity contribution is -0.00714. The lowest BCUT2D eigenvalue weighted by Crippen LogP contribution is -2.39. The van der Waals surface area contributed by atoms with Crippen molar-refractivity contribution in [2.75, 3.05) is 6.54 Å². The molecule has 2 aromatic heterocycles. The lowest BCUT2D eigenvalue weighted by Gasteiger charge is -2.29. The largest absolute Gasteiger partial charge is 0.369 e. The van der Waals surface area contributed by atoms with E-state index in [2.05, 4.69) is 10.2 Å². The summed E-state index contributed by atoms with van der Waals surface area (Å²) in [6, 6.07) is 0. The van der Waals surface area contributed by atoms with Gasteiger partial charge in [-0.05, 0) is 20.3 Å². The van der Waals surface area contributed by atoms with Gasteiger partial charge in [0, 0.05) is 38.2 Å². The fourth-order valence-electron chi connectivity index (χ4n) is 4.04. The molecule has 1 N–H and O–H groups in total. The van der Waals surface area contributed by atoms with Crippen LogP contribution >= 0.6 is 0 Å². The zero-order valence-corrected chi connectivity index (χ0v) is 15.0. The van der Waals surface area contributed by atoms with Crippen LogP contribution in [0.15, 0.2) is 4.79 Å². The number of amides is 1. The molecule has 134 valence electrons. The molecule has 0 aliphatic carbocycles. The van der Waals surface area contributed by atoms with E-state index in [0.29, 0.717) is 31.6 Å². The molecular formula is C17H23N5O3. The quantitative estimate of drug-likeness (QED) is 0.823. The Bertz CT molecular complexity index is 906. The number of nitrogens with zero attached hydrogens (tertiary/aromatic N) is 4. The van der Waals surface area contributed by atoms with Crippen molar-refractivity contribution in [3.05, 3.63) is 38.6 Å². The minimum absolute atomic E-state index is 0.0307. The van der Waals surface area contributed by atoms with Crippen molar-refractivity contribution in [2.24, 2.45) is 14.1 Å². The standard InChI is InChI=1S/C17H23N5O3/c1-9-7-12-14(10(2)25-9)18-21(4)15(12)17(24)22-6-5-11-13(8-22)20(3)19-16(11)23/h9-10H,5-8H2,1-4H3,(H,19,23)/t9-,10+/m1/s1. The molecule has 0 fully saturated rings. The highest BCUT2D eigenvalue weighted by Gasteiger charge is 2.34. The number of hydrogen-bond donors (Lipinski definition) is 1. The van der Waals surface area contributed by atoms with Gasteiger partial charge in [-0.1, -0.05) is 0 Å². The third-order valence-electron chi connectivity index (χ3n) is 5.25. The number of hydrogen-bond acceptors (Lipinski definition) is 4. The number of fused-ring (bicyclic) bond motifs is 2. The van der Waals surface area contributed by atoms with Crippen LogP contribution in [0.3, 0.4) is 0 Å². The summed E-state index contributed by atoms with van der Waals surface area (Å²) in [6.07, 6.45) is 1.23. The molecule has 2 aliphatic heterocycles. The molecule has 0 aromatic carbocycles. The summed E-state index contributed by atoms with van der Waals surface area (Å²) < 4.78 is 9.22. The predicted molar refractivity (Wildman–Crippen MR) is 90.4 cm³/mol. The highest BCUT2D eigenvalue weighted by atomic mass is 16.5. The Labute approximate surface area is 145 Å². The topological polar surface area (TPSA) is 85.2 Å². The third-order valence-corrected chi connectivity index (χ3v) is 5.25. The predicted octanol–water partition coefficient (Wildman–Crippen LogP) is 0.668. The van der Waals surface area contributed by atoms with Crippen molar-refractivity contribution in [3.63, 3.8) is 0 Å². The Morgan fingerprint density at radius 3 is 2.80 bits per heavy atom. The Balaban J connectivity index is 1.69. The first-order valence-electron chi connectivity index (χ1n) is 8.64. The van der Waals surface area contributed by atoms with Gasteiger partial charge >= 0.3 is 0 Å². The Kier molecular flexibility index (Phi) is 3.61. The van der Waals surface area contributed by atoms with E-state index in [1.54, 1.807) is 21.3 Å². The van der Waals surface area contributed by atoms with Gasteiger partial charge in [0.1, 0.15) is 5.69 Å².